The van der Waals surface area contributed by atoms with Gasteiger partial charge in [0.25, 0.3) is 11.5 Å². The highest BCUT2D eigenvalue weighted by atomic mass is 32.1. The molecule has 0 atom stereocenters. The fourth-order valence-electron chi connectivity index (χ4n) is 5.54. The van der Waals surface area contributed by atoms with E-state index in [1.165, 1.54) is 4.88 Å². The van der Waals surface area contributed by atoms with E-state index in [1.54, 1.807) is 17.4 Å². The van der Waals surface area contributed by atoms with Gasteiger partial charge in [-0.2, -0.15) is 10.2 Å². The first-order valence-electron chi connectivity index (χ1n) is 14.3. The number of carbonyl (C=O) groups excluding carboxylic acids is 1. The van der Waals surface area contributed by atoms with Gasteiger partial charge in [-0.1, -0.05) is 32.9 Å². The van der Waals surface area contributed by atoms with Crippen molar-refractivity contribution in [2.45, 2.75) is 52.7 Å². The highest BCUT2D eigenvalue weighted by Crippen LogP contribution is 2.40. The van der Waals surface area contributed by atoms with Crippen molar-refractivity contribution in [2.75, 3.05) is 43.9 Å². The number of nitrogens with zero attached hydrogens (tertiary/aromatic N) is 6. The number of benzene rings is 1. The molecule has 3 aromatic heterocycles. The number of aromatic amines is 1. The lowest BCUT2D eigenvalue weighted by molar-refractivity contribution is 0.1000. The predicted molar refractivity (Wildman–Crippen MR) is 168 cm³/mol. The van der Waals surface area contributed by atoms with Crippen molar-refractivity contribution in [3.8, 4) is 11.3 Å². The Balaban J connectivity index is 1.23. The Kier molecular flexibility index (Phi) is 7.28. The minimum atomic E-state index is -0.319. The molecule has 6 rings (SSSR count). The largest absolute Gasteiger partial charge is 0.334 e. The third-order valence-electron chi connectivity index (χ3n) is 7.99. The third-order valence-corrected chi connectivity index (χ3v) is 9.59. The normalized spacial score (nSPS) is 15.4. The van der Waals surface area contributed by atoms with E-state index >= 15 is 0 Å². The smallest absolute Gasteiger partial charge is 0.287 e. The van der Waals surface area contributed by atoms with Crippen LogP contribution in [0.1, 0.15) is 52.1 Å². The summed E-state index contributed by atoms with van der Waals surface area (Å²) in [6.07, 6.45) is 0. The summed E-state index contributed by atoms with van der Waals surface area (Å²) >= 11 is 1.60. The van der Waals surface area contributed by atoms with Crippen molar-refractivity contribution in [1.82, 2.24) is 29.8 Å². The summed E-state index contributed by atoms with van der Waals surface area (Å²) in [6, 6.07) is 11.8. The van der Waals surface area contributed by atoms with Gasteiger partial charge in [0.1, 0.15) is 5.69 Å². The first-order chi connectivity index (χ1) is 20.0. The first-order valence-corrected chi connectivity index (χ1v) is 15.1. The second kappa shape index (κ2) is 10.8. The molecule has 0 radical (unpaired) electrons. The monoisotopic (exact) mass is 586 g/mol. The number of carbonyl (C=O) groups is 1. The molecule has 0 spiro atoms. The molecule has 5 heterocycles. The van der Waals surface area contributed by atoms with E-state index in [0.29, 0.717) is 23.7 Å². The van der Waals surface area contributed by atoms with Gasteiger partial charge < -0.3 is 15.1 Å². The van der Waals surface area contributed by atoms with Crippen LogP contribution in [-0.4, -0.2) is 69.4 Å². The van der Waals surface area contributed by atoms with Gasteiger partial charge in [-0.05, 0) is 55.8 Å². The molecule has 220 valence electrons. The summed E-state index contributed by atoms with van der Waals surface area (Å²) in [5.74, 6) is 0.669. The van der Waals surface area contributed by atoms with Gasteiger partial charge >= 0.3 is 0 Å². The Labute approximate surface area is 250 Å². The molecule has 4 aromatic rings. The molecule has 0 aliphatic carbocycles. The van der Waals surface area contributed by atoms with Crippen LogP contribution in [0.5, 0.6) is 0 Å². The predicted octanol–water partition coefficient (Wildman–Crippen LogP) is 4.58. The van der Waals surface area contributed by atoms with Crippen LogP contribution < -0.4 is 15.8 Å². The molecule has 11 heteroatoms. The molecule has 2 N–H and O–H groups in total. The summed E-state index contributed by atoms with van der Waals surface area (Å²) in [6.45, 7) is 13.7. The van der Waals surface area contributed by atoms with Crippen molar-refractivity contribution in [3.05, 3.63) is 73.3 Å². The van der Waals surface area contributed by atoms with Crippen molar-refractivity contribution in [1.29, 1.82) is 0 Å². The molecule has 0 unspecified atom stereocenters. The van der Waals surface area contributed by atoms with E-state index in [1.807, 2.05) is 40.8 Å². The molecule has 1 aromatic carbocycles. The van der Waals surface area contributed by atoms with Gasteiger partial charge in [0.15, 0.2) is 5.82 Å². The minimum Gasteiger partial charge on any atom is -0.334 e. The van der Waals surface area contributed by atoms with Crippen LogP contribution in [0, 0.1) is 6.92 Å². The average Bonchev–Trinajstić information content (AvgIpc) is 3.62. The van der Waals surface area contributed by atoms with Gasteiger partial charge in [-0.15, -0.1) is 11.3 Å². The number of anilines is 3. The van der Waals surface area contributed by atoms with Crippen LogP contribution in [-0.2, 0) is 25.0 Å². The van der Waals surface area contributed by atoms with E-state index in [-0.39, 0.29) is 16.9 Å². The lowest BCUT2D eigenvalue weighted by atomic mass is 9.94. The SMILES string of the molecule is Cc1c(-c2cc(Nc3cc4n(n3)CCN(CCN(C)C)C4)c(=O)[nH]n2)cccc1N1Cc2cc(C(C)(C)C)sc2C1=O. The van der Waals surface area contributed by atoms with Crippen molar-refractivity contribution < 1.29 is 4.79 Å². The van der Waals surface area contributed by atoms with Crippen LogP contribution in [0.3, 0.4) is 0 Å². The maximum atomic E-state index is 13.5. The topological polar surface area (TPSA) is 102 Å². The molecule has 0 saturated heterocycles. The summed E-state index contributed by atoms with van der Waals surface area (Å²) in [4.78, 5) is 34.7. The molecular weight excluding hydrogens is 548 g/mol. The van der Waals surface area contributed by atoms with Crippen LogP contribution >= 0.6 is 11.3 Å². The molecule has 1 amide bonds. The van der Waals surface area contributed by atoms with Crippen molar-refractivity contribution in [2.24, 2.45) is 0 Å². The number of aromatic nitrogens is 4. The Morgan fingerprint density at radius 2 is 1.90 bits per heavy atom. The number of amides is 1. The van der Waals surface area contributed by atoms with Crippen molar-refractivity contribution >= 4 is 34.4 Å². The van der Waals surface area contributed by atoms with Gasteiger partial charge in [0, 0.05) is 48.4 Å². The lowest BCUT2D eigenvalue weighted by Crippen LogP contribution is -2.37. The fourth-order valence-corrected chi connectivity index (χ4v) is 6.72. The Morgan fingerprint density at radius 1 is 1.10 bits per heavy atom. The summed E-state index contributed by atoms with van der Waals surface area (Å²) in [5.41, 5.74) is 5.52. The number of nitrogens with one attached hydrogen (secondary N) is 2. The van der Waals surface area contributed by atoms with Gasteiger partial charge in [-0.25, -0.2) is 5.10 Å². The lowest BCUT2D eigenvalue weighted by Gasteiger charge is -2.28. The van der Waals surface area contributed by atoms with Crippen LogP contribution in [0.15, 0.2) is 41.2 Å². The number of rotatable bonds is 7. The molecule has 0 saturated carbocycles. The van der Waals surface area contributed by atoms with Crippen LogP contribution in [0.4, 0.5) is 17.2 Å². The zero-order valence-electron chi connectivity index (χ0n) is 25.1. The number of hydrogen-bond donors (Lipinski definition) is 2. The Bertz CT molecular complexity index is 1710. The maximum Gasteiger partial charge on any atom is 0.287 e. The summed E-state index contributed by atoms with van der Waals surface area (Å²) in [7, 11) is 4.17. The molecule has 10 nitrogen and oxygen atoms in total. The van der Waals surface area contributed by atoms with E-state index in [9.17, 15) is 9.59 Å². The summed E-state index contributed by atoms with van der Waals surface area (Å²) < 4.78 is 2.01. The minimum absolute atomic E-state index is 0.0137. The van der Waals surface area contributed by atoms with E-state index in [4.69, 9.17) is 5.10 Å². The highest BCUT2D eigenvalue weighted by Gasteiger charge is 2.34. The first kappa shape index (κ1) is 28.3. The van der Waals surface area contributed by atoms with Crippen LogP contribution in [0.2, 0.25) is 0 Å². The zero-order chi connectivity index (χ0) is 29.8. The number of hydrogen-bond acceptors (Lipinski definition) is 8. The quantitative estimate of drug-likeness (QED) is 0.327. The Hall–Kier alpha value is -3.80. The second-order valence-corrected chi connectivity index (χ2v) is 13.6. The third kappa shape index (κ3) is 5.39. The molecule has 0 fully saturated rings. The van der Waals surface area contributed by atoms with Crippen LogP contribution in [0.25, 0.3) is 11.3 Å². The van der Waals surface area contributed by atoms with Crippen molar-refractivity contribution in [3.63, 3.8) is 0 Å². The second-order valence-electron chi connectivity index (χ2n) is 12.5. The number of fused-ring (bicyclic) bond motifs is 2. The molecule has 0 bridgehead atoms. The van der Waals surface area contributed by atoms with Gasteiger partial charge in [0.2, 0.25) is 0 Å². The van der Waals surface area contributed by atoms with Gasteiger partial charge in [0.05, 0.1) is 29.4 Å². The van der Waals surface area contributed by atoms with Gasteiger partial charge in [-0.3, -0.25) is 19.2 Å². The Morgan fingerprint density at radius 3 is 2.64 bits per heavy atom. The molecule has 2 aliphatic heterocycles. The van der Waals surface area contributed by atoms with E-state index in [0.717, 1.165) is 65.7 Å². The highest BCUT2D eigenvalue weighted by molar-refractivity contribution is 7.14. The molecular formula is C31H38N8O2S. The molecule has 42 heavy (non-hydrogen) atoms. The van der Waals surface area contributed by atoms with E-state index in [2.05, 4.69) is 66.2 Å². The average molecular weight is 587 g/mol. The standard InChI is InChI=1S/C31H38N8O2S/c1-19-22(8-7-9-25(19)38-17-20-14-26(31(2,3)4)42-28(20)30(38)41)23-16-24(29(40)34-33-23)32-27-15-21-18-37(11-10-36(5)6)12-13-39(21)35-27/h7-9,14-16H,10-13,17-18H2,1-6H3,(H,34,40)(H,32,33,35). The number of likely N-dealkylation sites (N-methyl/N-ethyl adjacent to an activating group) is 1. The summed E-state index contributed by atoms with van der Waals surface area (Å²) in [5, 5.41) is 14.9. The molecule has 2 aliphatic rings. The zero-order valence-corrected chi connectivity index (χ0v) is 25.9. The maximum absolute atomic E-state index is 13.5. The van der Waals surface area contributed by atoms with E-state index < -0.39 is 0 Å². The number of thiophene rings is 1. The number of H-pyrrole nitrogens is 1. The fraction of sp³-hybridized carbons (Fsp3) is 0.419.